The maximum Gasteiger partial charge on any atom is 0.433 e. The molecule has 0 radical (unpaired) electrons. The highest BCUT2D eigenvalue weighted by Gasteiger charge is 2.39. The average molecular weight is 265 g/mol. The minimum atomic E-state index is -4.65. The Labute approximate surface area is 102 Å². The molecule has 18 heavy (non-hydrogen) atoms. The SMILES string of the molecule is CCn1ncc(C(=O)NCC(C)O)c1C(F)(F)F. The molecular weight excluding hydrogens is 251 g/mol. The first-order chi connectivity index (χ1) is 8.27. The van der Waals surface area contributed by atoms with Crippen LogP contribution in [0.4, 0.5) is 13.2 Å². The van der Waals surface area contributed by atoms with E-state index in [2.05, 4.69) is 10.4 Å². The number of nitrogens with one attached hydrogen (secondary N) is 1. The lowest BCUT2D eigenvalue weighted by Gasteiger charge is -2.12. The fraction of sp³-hybridized carbons (Fsp3) is 0.600. The van der Waals surface area contributed by atoms with Gasteiger partial charge in [0.15, 0.2) is 5.69 Å². The summed E-state index contributed by atoms with van der Waals surface area (Å²) >= 11 is 0. The second-order valence-corrected chi connectivity index (χ2v) is 3.78. The predicted molar refractivity (Wildman–Crippen MR) is 56.9 cm³/mol. The number of hydrogen-bond donors (Lipinski definition) is 2. The Morgan fingerprint density at radius 2 is 2.22 bits per heavy atom. The van der Waals surface area contributed by atoms with Crippen molar-refractivity contribution in [2.24, 2.45) is 0 Å². The molecule has 2 N–H and O–H groups in total. The molecule has 8 heteroatoms. The van der Waals surface area contributed by atoms with E-state index in [1.165, 1.54) is 13.8 Å². The minimum absolute atomic E-state index is 0.0124. The molecule has 102 valence electrons. The second-order valence-electron chi connectivity index (χ2n) is 3.78. The molecule has 1 unspecified atom stereocenters. The number of alkyl halides is 3. The van der Waals surface area contributed by atoms with Gasteiger partial charge in [-0.3, -0.25) is 9.48 Å². The minimum Gasteiger partial charge on any atom is -0.392 e. The lowest BCUT2D eigenvalue weighted by atomic mass is 10.2. The summed E-state index contributed by atoms with van der Waals surface area (Å²) in [4.78, 5) is 11.6. The van der Waals surface area contributed by atoms with Crippen LogP contribution in [-0.4, -0.2) is 33.4 Å². The summed E-state index contributed by atoms with van der Waals surface area (Å²) in [5.74, 6) is -0.900. The van der Waals surface area contributed by atoms with E-state index in [0.717, 1.165) is 10.9 Å². The van der Waals surface area contributed by atoms with Crippen molar-refractivity contribution in [3.05, 3.63) is 17.5 Å². The number of aliphatic hydroxyl groups excluding tert-OH is 1. The molecule has 1 amide bonds. The molecule has 5 nitrogen and oxygen atoms in total. The summed E-state index contributed by atoms with van der Waals surface area (Å²) in [6, 6.07) is 0. The highest BCUT2D eigenvalue weighted by atomic mass is 19.4. The molecule has 0 saturated heterocycles. The number of carbonyl (C=O) groups is 1. The number of nitrogens with zero attached hydrogens (tertiary/aromatic N) is 2. The largest absolute Gasteiger partial charge is 0.433 e. The standard InChI is InChI=1S/C10H14F3N3O2/c1-3-16-8(10(11,12)13)7(5-15-16)9(18)14-4-6(2)17/h5-6,17H,3-4H2,1-2H3,(H,14,18). The predicted octanol–water partition coefficient (Wildman–Crippen LogP) is 1.03. The first-order valence-corrected chi connectivity index (χ1v) is 5.36. The summed E-state index contributed by atoms with van der Waals surface area (Å²) in [5.41, 5.74) is -1.61. The van der Waals surface area contributed by atoms with E-state index in [1.807, 2.05) is 0 Å². The van der Waals surface area contributed by atoms with Crippen LogP contribution in [-0.2, 0) is 12.7 Å². The summed E-state index contributed by atoms with van der Waals surface area (Å²) in [7, 11) is 0. The van der Waals surface area contributed by atoms with Crippen molar-refractivity contribution in [2.75, 3.05) is 6.54 Å². The monoisotopic (exact) mass is 265 g/mol. The van der Waals surface area contributed by atoms with Crippen LogP contribution in [0.1, 0.15) is 29.9 Å². The summed E-state index contributed by atoms with van der Waals surface area (Å²) in [5, 5.41) is 14.7. The third-order valence-corrected chi connectivity index (χ3v) is 2.21. The van der Waals surface area contributed by atoms with E-state index in [0.29, 0.717) is 0 Å². The quantitative estimate of drug-likeness (QED) is 0.854. The summed E-state index contributed by atoms with van der Waals surface area (Å²) in [6.45, 7) is 2.81. The Morgan fingerprint density at radius 3 is 2.67 bits per heavy atom. The normalized spacial score (nSPS) is 13.4. The van der Waals surface area contributed by atoms with Crippen molar-refractivity contribution in [2.45, 2.75) is 32.7 Å². The van der Waals surface area contributed by atoms with E-state index in [1.54, 1.807) is 0 Å². The lowest BCUT2D eigenvalue weighted by molar-refractivity contribution is -0.144. The van der Waals surface area contributed by atoms with Gasteiger partial charge in [0, 0.05) is 13.1 Å². The number of rotatable bonds is 4. The number of halogens is 3. The van der Waals surface area contributed by atoms with E-state index in [-0.39, 0.29) is 13.1 Å². The third-order valence-electron chi connectivity index (χ3n) is 2.21. The summed E-state index contributed by atoms with van der Waals surface area (Å²) in [6.07, 6.45) is -4.60. The number of aromatic nitrogens is 2. The fourth-order valence-electron chi connectivity index (χ4n) is 1.43. The Bertz CT molecular complexity index is 426. The van der Waals surface area contributed by atoms with E-state index in [9.17, 15) is 18.0 Å². The van der Waals surface area contributed by atoms with Crippen molar-refractivity contribution in [3.8, 4) is 0 Å². The van der Waals surface area contributed by atoms with Crippen LogP contribution < -0.4 is 5.32 Å². The van der Waals surface area contributed by atoms with Crippen molar-refractivity contribution in [1.82, 2.24) is 15.1 Å². The second kappa shape index (κ2) is 5.38. The lowest BCUT2D eigenvalue weighted by Crippen LogP contribution is -2.32. The van der Waals surface area contributed by atoms with Gasteiger partial charge in [-0.15, -0.1) is 0 Å². The molecule has 1 aromatic rings. The number of amides is 1. The smallest absolute Gasteiger partial charge is 0.392 e. The van der Waals surface area contributed by atoms with Gasteiger partial charge in [0.1, 0.15) is 0 Å². The van der Waals surface area contributed by atoms with Crippen LogP contribution >= 0.6 is 0 Å². The van der Waals surface area contributed by atoms with Gasteiger partial charge < -0.3 is 10.4 Å². The van der Waals surface area contributed by atoms with E-state index < -0.39 is 29.4 Å². The number of carbonyl (C=O) groups excluding carboxylic acids is 1. The fourth-order valence-corrected chi connectivity index (χ4v) is 1.43. The van der Waals surface area contributed by atoms with E-state index in [4.69, 9.17) is 5.11 Å². The molecule has 0 aliphatic heterocycles. The van der Waals surface area contributed by atoms with E-state index >= 15 is 0 Å². The van der Waals surface area contributed by atoms with Gasteiger partial charge in [-0.2, -0.15) is 18.3 Å². The van der Waals surface area contributed by atoms with Gasteiger partial charge in [0.05, 0.1) is 17.9 Å². The first-order valence-electron chi connectivity index (χ1n) is 5.36. The van der Waals surface area contributed by atoms with Crippen LogP contribution in [0.5, 0.6) is 0 Å². The molecule has 0 bridgehead atoms. The van der Waals surface area contributed by atoms with Crippen LogP contribution in [0, 0.1) is 0 Å². The summed E-state index contributed by atoms with van der Waals surface area (Å²) < 4.78 is 39.1. The molecule has 0 spiro atoms. The molecule has 1 rings (SSSR count). The Kier molecular flexibility index (Phi) is 4.33. The van der Waals surface area contributed by atoms with Crippen LogP contribution in [0.3, 0.4) is 0 Å². The molecule has 0 fully saturated rings. The average Bonchev–Trinajstić information content (AvgIpc) is 2.68. The Morgan fingerprint density at radius 1 is 1.61 bits per heavy atom. The van der Waals surface area contributed by atoms with Crippen molar-refractivity contribution in [3.63, 3.8) is 0 Å². The van der Waals surface area contributed by atoms with Gasteiger partial charge in [-0.1, -0.05) is 0 Å². The highest BCUT2D eigenvalue weighted by Crippen LogP contribution is 2.31. The molecule has 0 aliphatic rings. The molecular formula is C10H14F3N3O2. The number of aliphatic hydroxyl groups is 1. The van der Waals surface area contributed by atoms with Gasteiger partial charge in [-0.05, 0) is 13.8 Å². The topological polar surface area (TPSA) is 67.2 Å². The van der Waals surface area contributed by atoms with Crippen LogP contribution in [0.25, 0.3) is 0 Å². The van der Waals surface area contributed by atoms with Crippen molar-refractivity contribution in [1.29, 1.82) is 0 Å². The molecule has 1 atom stereocenters. The zero-order valence-electron chi connectivity index (χ0n) is 9.95. The number of aryl methyl sites for hydroxylation is 1. The molecule has 0 aromatic carbocycles. The van der Waals surface area contributed by atoms with Gasteiger partial charge in [0.25, 0.3) is 5.91 Å². The van der Waals surface area contributed by atoms with Crippen molar-refractivity contribution >= 4 is 5.91 Å². The molecule has 1 heterocycles. The number of hydrogen-bond acceptors (Lipinski definition) is 3. The zero-order valence-corrected chi connectivity index (χ0v) is 9.95. The van der Waals surface area contributed by atoms with Crippen LogP contribution in [0.15, 0.2) is 6.20 Å². The van der Waals surface area contributed by atoms with Crippen LogP contribution in [0.2, 0.25) is 0 Å². The van der Waals surface area contributed by atoms with Gasteiger partial charge in [-0.25, -0.2) is 0 Å². The highest BCUT2D eigenvalue weighted by molar-refractivity contribution is 5.95. The maximum absolute atomic E-state index is 12.8. The van der Waals surface area contributed by atoms with Gasteiger partial charge >= 0.3 is 6.18 Å². The van der Waals surface area contributed by atoms with Crippen molar-refractivity contribution < 1.29 is 23.1 Å². The first kappa shape index (κ1) is 14.5. The Balaban J connectivity index is 3.02. The molecule has 0 saturated carbocycles. The van der Waals surface area contributed by atoms with Gasteiger partial charge in [0.2, 0.25) is 0 Å². The zero-order chi connectivity index (χ0) is 13.9. The maximum atomic E-state index is 12.8. The third kappa shape index (κ3) is 3.22. The molecule has 0 aliphatic carbocycles. The molecule has 1 aromatic heterocycles. The Hall–Kier alpha value is -1.57.